The normalized spacial score (nSPS) is 11.0. The van der Waals surface area contributed by atoms with Gasteiger partial charge in [-0.25, -0.2) is 0 Å². The molecule has 0 atom stereocenters. The fraction of sp³-hybridized carbons (Fsp3) is 0.429. The van der Waals surface area contributed by atoms with Crippen molar-refractivity contribution < 1.29 is 9.59 Å². The van der Waals surface area contributed by atoms with Gasteiger partial charge in [-0.3, -0.25) is 9.59 Å². The predicted octanol–water partition coefficient (Wildman–Crippen LogP) is 3.00. The second-order valence-electron chi connectivity index (χ2n) is 5.51. The van der Waals surface area contributed by atoms with Crippen LogP contribution in [0.2, 0.25) is 0 Å². The molecule has 1 rings (SSSR count). The lowest BCUT2D eigenvalue weighted by atomic mass is 10.1. The van der Waals surface area contributed by atoms with Gasteiger partial charge >= 0.3 is 0 Å². The molecule has 0 saturated carbocycles. The van der Waals surface area contributed by atoms with Crippen LogP contribution in [0.3, 0.4) is 0 Å². The van der Waals surface area contributed by atoms with Gasteiger partial charge in [0, 0.05) is 10.0 Å². The van der Waals surface area contributed by atoms with E-state index in [1.807, 2.05) is 39.8 Å². The van der Waals surface area contributed by atoms with Gasteiger partial charge in [0.2, 0.25) is 11.8 Å². The molecule has 1 aromatic carbocycles. The first-order valence-corrected chi connectivity index (χ1v) is 6.84. The van der Waals surface area contributed by atoms with Crippen LogP contribution in [0.15, 0.2) is 22.7 Å². The molecule has 0 aliphatic heterocycles. The summed E-state index contributed by atoms with van der Waals surface area (Å²) < 4.78 is 0.803. The maximum absolute atomic E-state index is 11.8. The number of nitrogens with one attached hydrogen (secondary N) is 2. The molecular weight excluding hydrogens is 308 g/mol. The summed E-state index contributed by atoms with van der Waals surface area (Å²) in [5.41, 5.74) is 1.43. The van der Waals surface area contributed by atoms with Crippen molar-refractivity contribution in [1.29, 1.82) is 0 Å². The molecule has 4 nitrogen and oxygen atoms in total. The molecule has 0 radical (unpaired) electrons. The van der Waals surface area contributed by atoms with E-state index in [1.54, 1.807) is 6.07 Å². The molecule has 0 bridgehead atoms. The lowest BCUT2D eigenvalue weighted by Gasteiger charge is -2.20. The Bertz CT molecular complexity index is 493. The van der Waals surface area contributed by atoms with Crippen molar-refractivity contribution in [3.05, 3.63) is 28.2 Å². The van der Waals surface area contributed by atoms with Crippen molar-refractivity contribution in [3.63, 3.8) is 0 Å². The third kappa shape index (κ3) is 5.87. The number of benzene rings is 1. The molecule has 104 valence electrons. The van der Waals surface area contributed by atoms with Crippen LogP contribution in [0.5, 0.6) is 0 Å². The molecule has 19 heavy (non-hydrogen) atoms. The first kappa shape index (κ1) is 15.7. The number of carbonyl (C=O) groups excluding carboxylic acids is 2. The van der Waals surface area contributed by atoms with Gasteiger partial charge in [-0.2, -0.15) is 0 Å². The van der Waals surface area contributed by atoms with Crippen molar-refractivity contribution in [1.82, 2.24) is 5.32 Å². The number of halogens is 1. The summed E-state index contributed by atoms with van der Waals surface area (Å²) >= 11 is 3.38. The van der Waals surface area contributed by atoms with E-state index in [0.29, 0.717) is 5.69 Å². The monoisotopic (exact) mass is 326 g/mol. The maximum Gasteiger partial charge on any atom is 0.233 e. The average Bonchev–Trinajstić information content (AvgIpc) is 2.19. The summed E-state index contributed by atoms with van der Waals surface area (Å²) in [5.74, 6) is -0.612. The number of aryl methyl sites for hydroxylation is 1. The molecule has 2 amide bonds. The molecule has 1 aromatic rings. The van der Waals surface area contributed by atoms with Crippen molar-refractivity contribution in [2.45, 2.75) is 39.7 Å². The zero-order chi connectivity index (χ0) is 14.6. The van der Waals surface area contributed by atoms with E-state index in [0.717, 1.165) is 10.0 Å². The van der Waals surface area contributed by atoms with Crippen LogP contribution in [-0.2, 0) is 9.59 Å². The lowest BCUT2D eigenvalue weighted by molar-refractivity contribution is -0.127. The molecule has 5 heteroatoms. The summed E-state index contributed by atoms with van der Waals surface area (Å²) in [5, 5.41) is 5.46. The van der Waals surface area contributed by atoms with Crippen LogP contribution >= 0.6 is 15.9 Å². The number of hydrogen-bond acceptors (Lipinski definition) is 2. The van der Waals surface area contributed by atoms with Crippen molar-refractivity contribution >= 4 is 33.4 Å². The van der Waals surface area contributed by atoms with Crippen molar-refractivity contribution in [3.8, 4) is 0 Å². The Labute approximate surface area is 122 Å². The highest BCUT2D eigenvalue weighted by Gasteiger charge is 2.17. The number of anilines is 1. The molecule has 0 fully saturated rings. The van der Waals surface area contributed by atoms with Gasteiger partial charge in [0.15, 0.2) is 0 Å². The molecule has 0 unspecified atom stereocenters. The molecule has 0 aliphatic rings. The van der Waals surface area contributed by atoms with Gasteiger partial charge in [0.25, 0.3) is 0 Å². The Kier molecular flexibility index (Phi) is 5.11. The molecule has 0 heterocycles. The minimum atomic E-state index is -0.332. The second kappa shape index (κ2) is 6.19. The molecule has 0 spiro atoms. The van der Waals surface area contributed by atoms with Gasteiger partial charge in [-0.15, -0.1) is 0 Å². The van der Waals surface area contributed by atoms with E-state index >= 15 is 0 Å². The minimum absolute atomic E-state index is 0.183. The summed E-state index contributed by atoms with van der Waals surface area (Å²) in [6.45, 7) is 7.59. The number of rotatable bonds is 3. The number of amides is 2. The Hall–Kier alpha value is -1.36. The minimum Gasteiger partial charge on any atom is -0.351 e. The molecular formula is C14H19BrN2O2. The van der Waals surface area contributed by atoms with Crippen LogP contribution in [0.25, 0.3) is 0 Å². The fourth-order valence-corrected chi connectivity index (χ4v) is 2.12. The summed E-state index contributed by atoms with van der Waals surface area (Å²) in [4.78, 5) is 23.4. The standard InChI is InChI=1S/C14H19BrN2O2/c1-9-5-6-11(10(15)7-9)16-12(18)8-13(19)17-14(2,3)4/h5-7H,8H2,1-4H3,(H,16,18)(H,17,19). The van der Waals surface area contributed by atoms with Crippen molar-refractivity contribution in [2.24, 2.45) is 0 Å². The number of carbonyl (C=O) groups is 2. The Morgan fingerprint density at radius 3 is 2.37 bits per heavy atom. The first-order chi connectivity index (χ1) is 8.67. The summed E-state index contributed by atoms with van der Waals surface area (Å²) in [6.07, 6.45) is -0.183. The summed E-state index contributed by atoms with van der Waals surface area (Å²) in [6, 6.07) is 5.61. The van der Waals surface area contributed by atoms with Crippen LogP contribution in [0, 0.1) is 6.92 Å². The zero-order valence-corrected chi connectivity index (χ0v) is 13.2. The molecule has 2 N–H and O–H groups in total. The van der Waals surface area contributed by atoms with Gasteiger partial charge in [-0.1, -0.05) is 6.07 Å². The highest BCUT2D eigenvalue weighted by molar-refractivity contribution is 9.10. The van der Waals surface area contributed by atoms with E-state index in [2.05, 4.69) is 26.6 Å². The Morgan fingerprint density at radius 2 is 1.84 bits per heavy atom. The van der Waals surface area contributed by atoms with Gasteiger partial charge in [-0.05, 0) is 61.3 Å². The largest absolute Gasteiger partial charge is 0.351 e. The Balaban J connectivity index is 2.58. The lowest BCUT2D eigenvalue weighted by Crippen LogP contribution is -2.41. The predicted molar refractivity (Wildman–Crippen MR) is 80.0 cm³/mol. The smallest absolute Gasteiger partial charge is 0.233 e. The highest BCUT2D eigenvalue weighted by atomic mass is 79.9. The second-order valence-corrected chi connectivity index (χ2v) is 6.36. The highest BCUT2D eigenvalue weighted by Crippen LogP contribution is 2.23. The van der Waals surface area contributed by atoms with Crippen LogP contribution < -0.4 is 10.6 Å². The topological polar surface area (TPSA) is 58.2 Å². The maximum atomic E-state index is 11.8. The van der Waals surface area contributed by atoms with E-state index in [4.69, 9.17) is 0 Å². The van der Waals surface area contributed by atoms with Gasteiger partial charge in [0.1, 0.15) is 6.42 Å². The zero-order valence-electron chi connectivity index (χ0n) is 11.6. The quantitative estimate of drug-likeness (QED) is 0.839. The Morgan fingerprint density at radius 1 is 1.21 bits per heavy atom. The average molecular weight is 327 g/mol. The van der Waals surface area contributed by atoms with E-state index < -0.39 is 0 Å². The number of hydrogen-bond donors (Lipinski definition) is 2. The fourth-order valence-electron chi connectivity index (χ4n) is 1.52. The molecule has 0 saturated heterocycles. The SMILES string of the molecule is Cc1ccc(NC(=O)CC(=O)NC(C)(C)C)c(Br)c1. The van der Waals surface area contributed by atoms with E-state index in [1.165, 1.54) is 0 Å². The van der Waals surface area contributed by atoms with Crippen LogP contribution in [-0.4, -0.2) is 17.4 Å². The third-order valence-corrected chi connectivity index (χ3v) is 2.89. The van der Waals surface area contributed by atoms with Gasteiger partial charge < -0.3 is 10.6 Å². The molecule has 0 aliphatic carbocycles. The van der Waals surface area contributed by atoms with Crippen molar-refractivity contribution in [2.75, 3.05) is 5.32 Å². The first-order valence-electron chi connectivity index (χ1n) is 6.04. The van der Waals surface area contributed by atoms with E-state index in [9.17, 15) is 9.59 Å². The third-order valence-electron chi connectivity index (χ3n) is 2.23. The van der Waals surface area contributed by atoms with Gasteiger partial charge in [0.05, 0.1) is 5.69 Å². The summed E-state index contributed by atoms with van der Waals surface area (Å²) in [7, 11) is 0. The molecule has 0 aromatic heterocycles. The van der Waals surface area contributed by atoms with Crippen LogP contribution in [0.4, 0.5) is 5.69 Å². The van der Waals surface area contributed by atoms with Crippen LogP contribution in [0.1, 0.15) is 32.8 Å². The van der Waals surface area contributed by atoms with E-state index in [-0.39, 0.29) is 23.8 Å².